The topological polar surface area (TPSA) is 42.0 Å². The van der Waals surface area contributed by atoms with Gasteiger partial charge in [0.15, 0.2) is 11.6 Å². The minimum atomic E-state index is -0.360. The van der Waals surface area contributed by atoms with Crippen molar-refractivity contribution in [2.24, 2.45) is 0 Å². The quantitative estimate of drug-likeness (QED) is 0.796. The Labute approximate surface area is 142 Å². The third-order valence-electron chi connectivity index (χ3n) is 4.78. The van der Waals surface area contributed by atoms with E-state index in [0.717, 1.165) is 32.7 Å². The molecule has 5 nitrogen and oxygen atoms in total. The lowest BCUT2D eigenvalue weighted by atomic mass is 10.1. The number of benzene rings is 1. The maximum atomic E-state index is 13.5. The lowest BCUT2D eigenvalue weighted by molar-refractivity contribution is -0.140. The van der Waals surface area contributed by atoms with E-state index in [2.05, 4.69) is 11.8 Å². The summed E-state index contributed by atoms with van der Waals surface area (Å²) in [5.74, 6) is 0.0562. The highest BCUT2D eigenvalue weighted by molar-refractivity contribution is 5.77. The molecule has 0 saturated carbocycles. The van der Waals surface area contributed by atoms with Crippen LogP contribution in [0.4, 0.5) is 4.39 Å². The number of halogens is 1. The molecule has 1 amide bonds. The summed E-state index contributed by atoms with van der Waals surface area (Å²) in [5.41, 5.74) is 0. The summed E-state index contributed by atoms with van der Waals surface area (Å²) in [5, 5.41) is 0. The van der Waals surface area contributed by atoms with E-state index in [9.17, 15) is 9.18 Å². The van der Waals surface area contributed by atoms with Gasteiger partial charge in [-0.1, -0.05) is 12.1 Å². The summed E-state index contributed by atoms with van der Waals surface area (Å²) in [7, 11) is 0. The molecule has 2 heterocycles. The van der Waals surface area contributed by atoms with E-state index in [1.165, 1.54) is 6.07 Å². The Balaban J connectivity index is 1.36. The summed E-state index contributed by atoms with van der Waals surface area (Å²) in [6.45, 7) is 6.69. The Morgan fingerprint density at radius 2 is 2.04 bits per heavy atom. The van der Waals surface area contributed by atoms with Crippen LogP contribution in [0.25, 0.3) is 0 Å². The van der Waals surface area contributed by atoms with Crippen LogP contribution in [0.1, 0.15) is 19.8 Å². The molecular weight excluding hydrogens is 311 g/mol. The number of amides is 1. The van der Waals surface area contributed by atoms with Crippen molar-refractivity contribution >= 4 is 5.91 Å². The molecular formula is C18H25FN2O3. The van der Waals surface area contributed by atoms with Gasteiger partial charge in [-0.25, -0.2) is 4.39 Å². The number of hydrogen-bond donors (Lipinski definition) is 0. The fraction of sp³-hybridized carbons (Fsp3) is 0.611. The molecule has 1 aromatic carbocycles. The van der Waals surface area contributed by atoms with Crippen LogP contribution >= 0.6 is 0 Å². The fourth-order valence-corrected chi connectivity index (χ4v) is 3.13. The molecule has 2 aliphatic heterocycles. The van der Waals surface area contributed by atoms with Gasteiger partial charge in [-0.15, -0.1) is 0 Å². The second-order valence-electron chi connectivity index (χ2n) is 6.51. The molecule has 132 valence electrons. The molecule has 2 fully saturated rings. The second-order valence-corrected chi connectivity index (χ2v) is 6.51. The minimum Gasteiger partial charge on any atom is -0.484 e. The molecule has 1 unspecified atom stereocenters. The molecule has 0 spiro atoms. The third-order valence-corrected chi connectivity index (χ3v) is 4.78. The minimum absolute atomic E-state index is 0.109. The standard InChI is InChI=1S/C18H25FN2O3/c1-14(20-8-10-23-11-9-20)6-7-18(22)21-12-15(13-21)24-17-5-3-2-4-16(17)19/h2-5,14-15H,6-13H2,1H3. The number of nitrogens with zero attached hydrogens (tertiary/aromatic N) is 2. The highest BCUT2D eigenvalue weighted by atomic mass is 19.1. The zero-order chi connectivity index (χ0) is 16.9. The number of carbonyl (C=O) groups is 1. The summed E-state index contributed by atoms with van der Waals surface area (Å²) in [4.78, 5) is 16.4. The van der Waals surface area contributed by atoms with Gasteiger partial charge in [0.2, 0.25) is 5.91 Å². The second kappa shape index (κ2) is 7.94. The van der Waals surface area contributed by atoms with Crippen molar-refractivity contribution in [2.75, 3.05) is 39.4 Å². The predicted octanol–water partition coefficient (Wildman–Crippen LogP) is 1.92. The Kier molecular flexibility index (Phi) is 5.68. The van der Waals surface area contributed by atoms with Gasteiger partial charge < -0.3 is 14.4 Å². The van der Waals surface area contributed by atoms with E-state index in [0.29, 0.717) is 25.6 Å². The largest absolute Gasteiger partial charge is 0.484 e. The first-order chi connectivity index (χ1) is 11.6. The van der Waals surface area contributed by atoms with Crippen LogP contribution in [0.15, 0.2) is 24.3 Å². The van der Waals surface area contributed by atoms with Gasteiger partial charge in [-0.2, -0.15) is 0 Å². The van der Waals surface area contributed by atoms with Crippen molar-refractivity contribution < 1.29 is 18.7 Å². The lowest BCUT2D eigenvalue weighted by Crippen LogP contribution is -2.56. The monoisotopic (exact) mass is 336 g/mol. The molecule has 24 heavy (non-hydrogen) atoms. The van der Waals surface area contributed by atoms with Crippen LogP contribution in [-0.4, -0.2) is 67.2 Å². The zero-order valence-corrected chi connectivity index (χ0v) is 14.1. The van der Waals surface area contributed by atoms with Crippen molar-refractivity contribution in [3.05, 3.63) is 30.1 Å². The molecule has 1 atom stereocenters. The van der Waals surface area contributed by atoms with Crippen LogP contribution in [-0.2, 0) is 9.53 Å². The number of para-hydroxylation sites is 1. The number of morpholine rings is 1. The lowest BCUT2D eigenvalue weighted by Gasteiger charge is -2.39. The average Bonchev–Trinajstić information content (AvgIpc) is 2.57. The Bertz CT molecular complexity index is 557. The van der Waals surface area contributed by atoms with E-state index in [-0.39, 0.29) is 23.6 Å². The first kappa shape index (κ1) is 17.2. The van der Waals surface area contributed by atoms with Gasteiger partial charge in [0.1, 0.15) is 6.10 Å². The molecule has 3 rings (SSSR count). The van der Waals surface area contributed by atoms with Crippen LogP contribution in [0.5, 0.6) is 5.75 Å². The highest BCUT2D eigenvalue weighted by Gasteiger charge is 2.32. The molecule has 0 radical (unpaired) electrons. The molecule has 2 saturated heterocycles. The molecule has 0 bridgehead atoms. The van der Waals surface area contributed by atoms with Crippen molar-refractivity contribution in [3.63, 3.8) is 0 Å². The number of carbonyl (C=O) groups excluding carboxylic acids is 1. The SMILES string of the molecule is CC(CCC(=O)N1CC(Oc2ccccc2F)C1)N1CCOCC1. The predicted molar refractivity (Wildman–Crippen MR) is 88.5 cm³/mol. The number of ether oxygens (including phenoxy) is 2. The summed E-state index contributed by atoms with van der Waals surface area (Å²) >= 11 is 0. The molecule has 2 aliphatic rings. The number of rotatable bonds is 6. The Hall–Kier alpha value is -1.66. The normalized spacial score (nSPS) is 20.5. The van der Waals surface area contributed by atoms with Gasteiger partial charge in [-0.3, -0.25) is 9.69 Å². The van der Waals surface area contributed by atoms with Crippen LogP contribution in [0.2, 0.25) is 0 Å². The third kappa shape index (κ3) is 4.24. The van der Waals surface area contributed by atoms with Crippen molar-refractivity contribution in [1.82, 2.24) is 9.80 Å². The smallest absolute Gasteiger partial charge is 0.222 e. The molecule has 1 aromatic rings. The molecule has 0 N–H and O–H groups in total. The molecule has 0 aliphatic carbocycles. The van der Waals surface area contributed by atoms with Crippen LogP contribution in [0, 0.1) is 5.82 Å². The van der Waals surface area contributed by atoms with Crippen molar-refractivity contribution in [1.29, 1.82) is 0 Å². The Morgan fingerprint density at radius 3 is 2.75 bits per heavy atom. The van der Waals surface area contributed by atoms with Crippen LogP contribution < -0.4 is 4.74 Å². The average molecular weight is 336 g/mol. The number of hydrogen-bond acceptors (Lipinski definition) is 4. The van der Waals surface area contributed by atoms with Crippen molar-refractivity contribution in [3.8, 4) is 5.75 Å². The van der Waals surface area contributed by atoms with E-state index in [1.807, 2.05) is 0 Å². The van der Waals surface area contributed by atoms with Crippen LogP contribution in [0.3, 0.4) is 0 Å². The van der Waals surface area contributed by atoms with Gasteiger partial charge in [0.05, 0.1) is 26.3 Å². The summed E-state index contributed by atoms with van der Waals surface area (Å²) in [6.07, 6.45) is 1.29. The zero-order valence-electron chi connectivity index (χ0n) is 14.1. The summed E-state index contributed by atoms with van der Waals surface area (Å²) < 4.78 is 24.5. The van der Waals surface area contributed by atoms with Crippen molar-refractivity contribution in [2.45, 2.75) is 31.9 Å². The Morgan fingerprint density at radius 1 is 1.33 bits per heavy atom. The van der Waals surface area contributed by atoms with E-state index < -0.39 is 0 Å². The van der Waals surface area contributed by atoms with Gasteiger partial charge in [0.25, 0.3) is 0 Å². The van der Waals surface area contributed by atoms with E-state index in [4.69, 9.17) is 9.47 Å². The van der Waals surface area contributed by atoms with E-state index >= 15 is 0 Å². The number of likely N-dealkylation sites (tertiary alicyclic amines) is 1. The highest BCUT2D eigenvalue weighted by Crippen LogP contribution is 2.22. The van der Waals surface area contributed by atoms with Gasteiger partial charge in [-0.05, 0) is 25.5 Å². The maximum Gasteiger partial charge on any atom is 0.222 e. The summed E-state index contributed by atoms with van der Waals surface area (Å²) in [6, 6.07) is 6.76. The first-order valence-corrected chi connectivity index (χ1v) is 8.64. The fourth-order valence-electron chi connectivity index (χ4n) is 3.13. The van der Waals surface area contributed by atoms with Gasteiger partial charge in [0, 0.05) is 25.6 Å². The van der Waals surface area contributed by atoms with Gasteiger partial charge >= 0.3 is 0 Å². The first-order valence-electron chi connectivity index (χ1n) is 8.64. The molecule has 6 heteroatoms. The molecule has 0 aromatic heterocycles. The maximum absolute atomic E-state index is 13.5. The van der Waals surface area contributed by atoms with E-state index in [1.54, 1.807) is 23.1 Å².